The maximum Gasteiger partial charge on any atom is 0.0824 e. The van der Waals surface area contributed by atoms with Crippen LogP contribution in [0.4, 0.5) is 0 Å². The molecule has 0 radical (unpaired) electrons. The van der Waals surface area contributed by atoms with Crippen LogP contribution in [0, 0.1) is 11.8 Å². The highest BCUT2D eigenvalue weighted by atomic mass is 14.9. The summed E-state index contributed by atoms with van der Waals surface area (Å²) in [5.74, 6) is 1.92. The van der Waals surface area contributed by atoms with Gasteiger partial charge in [-0.1, -0.05) is 121 Å². The second kappa shape index (κ2) is 7.67. The molecule has 4 aromatic carbocycles. The van der Waals surface area contributed by atoms with Crippen LogP contribution in [0.3, 0.4) is 0 Å². The molecule has 1 aliphatic heterocycles. The Kier molecular flexibility index (Phi) is 4.53. The number of aliphatic imine (C=N–C) groups is 1. The Balaban J connectivity index is 1.54. The normalized spacial score (nSPS) is 26.6. The number of fused-ring (bicyclic) bond motifs is 1. The highest BCUT2D eigenvalue weighted by Gasteiger charge is 2.61. The van der Waals surface area contributed by atoms with Gasteiger partial charge in [-0.05, 0) is 34.1 Å². The summed E-state index contributed by atoms with van der Waals surface area (Å²) in [5.41, 5.74) is 6.70. The van der Waals surface area contributed by atoms with Gasteiger partial charge in [0, 0.05) is 17.5 Å². The first-order valence-corrected chi connectivity index (χ1v) is 11.2. The van der Waals surface area contributed by atoms with E-state index in [0.717, 1.165) is 0 Å². The van der Waals surface area contributed by atoms with E-state index in [-0.39, 0.29) is 6.04 Å². The van der Waals surface area contributed by atoms with Gasteiger partial charge in [-0.2, -0.15) is 0 Å². The summed E-state index contributed by atoms with van der Waals surface area (Å²) >= 11 is 0. The van der Waals surface area contributed by atoms with Crippen LogP contribution in [0.2, 0.25) is 0 Å². The molecule has 5 atom stereocenters. The van der Waals surface area contributed by atoms with E-state index in [0.29, 0.717) is 23.7 Å². The topological polar surface area (TPSA) is 12.4 Å². The van der Waals surface area contributed by atoms with Crippen molar-refractivity contribution in [3.05, 3.63) is 144 Å². The van der Waals surface area contributed by atoms with Crippen molar-refractivity contribution in [2.75, 3.05) is 0 Å². The van der Waals surface area contributed by atoms with Gasteiger partial charge in [0.2, 0.25) is 0 Å². The molecule has 6 rings (SSSR count). The standard InChI is InChI=1S/C30H25N/c1-5-13-21(14-6-1)25-27-26(22-15-7-2-8-16-22)29(23-17-9-3-10-18-23)31-30(28(25)27)24-19-11-4-12-20-24/h1-20,25-29H/t25-,26+,27+,28-,29+/m0/s1. The van der Waals surface area contributed by atoms with Crippen LogP contribution in [0.5, 0.6) is 0 Å². The zero-order valence-electron chi connectivity index (χ0n) is 17.4. The Morgan fingerprint density at radius 1 is 0.419 bits per heavy atom. The molecule has 1 nitrogen and oxygen atoms in total. The fourth-order valence-corrected chi connectivity index (χ4v) is 5.65. The zero-order valence-corrected chi connectivity index (χ0v) is 17.4. The highest BCUT2D eigenvalue weighted by molar-refractivity contribution is 6.06. The molecule has 0 N–H and O–H groups in total. The van der Waals surface area contributed by atoms with Crippen LogP contribution in [-0.2, 0) is 0 Å². The molecule has 1 saturated carbocycles. The average molecular weight is 400 g/mol. The number of hydrogen-bond acceptors (Lipinski definition) is 1. The summed E-state index contributed by atoms with van der Waals surface area (Å²) in [4.78, 5) is 5.50. The zero-order chi connectivity index (χ0) is 20.6. The van der Waals surface area contributed by atoms with Crippen LogP contribution in [-0.4, -0.2) is 5.71 Å². The van der Waals surface area contributed by atoms with Crippen molar-refractivity contribution in [3.63, 3.8) is 0 Å². The van der Waals surface area contributed by atoms with E-state index in [2.05, 4.69) is 121 Å². The number of benzene rings is 4. The molecule has 1 aliphatic carbocycles. The summed E-state index contributed by atoms with van der Waals surface area (Å²) in [6.45, 7) is 0. The summed E-state index contributed by atoms with van der Waals surface area (Å²) in [6, 6.07) is 43.9. The second-order valence-corrected chi connectivity index (χ2v) is 8.71. The van der Waals surface area contributed by atoms with Gasteiger partial charge in [-0.3, -0.25) is 4.99 Å². The Hall–Kier alpha value is -3.45. The largest absolute Gasteiger partial charge is 0.280 e. The van der Waals surface area contributed by atoms with E-state index >= 15 is 0 Å². The molecule has 0 saturated heterocycles. The minimum Gasteiger partial charge on any atom is -0.280 e. The van der Waals surface area contributed by atoms with Crippen LogP contribution < -0.4 is 0 Å². The first kappa shape index (κ1) is 18.3. The predicted molar refractivity (Wildman–Crippen MR) is 128 cm³/mol. The fraction of sp³-hybridized carbons (Fsp3) is 0.167. The second-order valence-electron chi connectivity index (χ2n) is 8.71. The van der Waals surface area contributed by atoms with Gasteiger partial charge in [0.15, 0.2) is 0 Å². The lowest BCUT2D eigenvalue weighted by molar-refractivity contribution is 0.469. The smallest absolute Gasteiger partial charge is 0.0824 e. The lowest BCUT2D eigenvalue weighted by Crippen LogP contribution is -2.22. The third-order valence-electron chi connectivity index (χ3n) is 7.00. The first-order chi connectivity index (χ1) is 15.4. The molecule has 31 heavy (non-hydrogen) atoms. The molecule has 0 bridgehead atoms. The van der Waals surface area contributed by atoms with Gasteiger partial charge in [-0.25, -0.2) is 0 Å². The molecule has 0 amide bonds. The third kappa shape index (κ3) is 3.21. The molecule has 0 aromatic heterocycles. The maximum atomic E-state index is 5.50. The molecular formula is C30H25N. The average Bonchev–Trinajstić information content (AvgIpc) is 3.61. The lowest BCUT2D eigenvalue weighted by atomic mass is 9.79. The van der Waals surface area contributed by atoms with Crippen molar-refractivity contribution in [1.82, 2.24) is 0 Å². The first-order valence-electron chi connectivity index (χ1n) is 11.2. The molecule has 1 fully saturated rings. The van der Waals surface area contributed by atoms with E-state index in [9.17, 15) is 0 Å². The lowest BCUT2D eigenvalue weighted by Gasteiger charge is -2.30. The minimum absolute atomic E-state index is 0.133. The van der Waals surface area contributed by atoms with Gasteiger partial charge in [-0.15, -0.1) is 0 Å². The Morgan fingerprint density at radius 2 is 0.871 bits per heavy atom. The van der Waals surface area contributed by atoms with Crippen LogP contribution in [0.1, 0.15) is 40.1 Å². The minimum atomic E-state index is 0.133. The van der Waals surface area contributed by atoms with E-state index in [4.69, 9.17) is 4.99 Å². The molecule has 1 heteroatoms. The van der Waals surface area contributed by atoms with Crippen LogP contribution in [0.15, 0.2) is 126 Å². The number of nitrogens with zero attached hydrogens (tertiary/aromatic N) is 1. The number of rotatable bonds is 4. The number of hydrogen-bond donors (Lipinski definition) is 0. The molecule has 150 valence electrons. The third-order valence-corrected chi connectivity index (χ3v) is 7.00. The SMILES string of the molecule is c1ccc(C2=N[C@H](c3ccccc3)[C@H](c3ccccc3)[C@@H]3[C@@H]2[C@H]3c2ccccc2)cc1. The molecule has 2 aliphatic rings. The molecule has 1 heterocycles. The Bertz CT molecular complexity index is 1180. The quantitative estimate of drug-likeness (QED) is 0.349. The predicted octanol–water partition coefficient (Wildman–Crippen LogP) is 7.04. The van der Waals surface area contributed by atoms with Crippen LogP contribution in [0.25, 0.3) is 0 Å². The molecule has 0 unspecified atom stereocenters. The molecule has 0 spiro atoms. The van der Waals surface area contributed by atoms with E-state index in [1.807, 2.05) is 0 Å². The maximum absolute atomic E-state index is 5.50. The summed E-state index contributed by atoms with van der Waals surface area (Å²) in [6.07, 6.45) is 0. The van der Waals surface area contributed by atoms with Crippen molar-refractivity contribution in [2.45, 2.75) is 17.9 Å². The van der Waals surface area contributed by atoms with Gasteiger partial charge in [0.25, 0.3) is 0 Å². The fourth-order valence-electron chi connectivity index (χ4n) is 5.65. The van der Waals surface area contributed by atoms with Crippen molar-refractivity contribution >= 4 is 5.71 Å². The molecular weight excluding hydrogens is 374 g/mol. The monoisotopic (exact) mass is 399 g/mol. The van der Waals surface area contributed by atoms with Crippen LogP contribution >= 0.6 is 0 Å². The van der Waals surface area contributed by atoms with Crippen molar-refractivity contribution in [2.24, 2.45) is 16.8 Å². The Morgan fingerprint density at radius 3 is 1.42 bits per heavy atom. The van der Waals surface area contributed by atoms with Gasteiger partial charge in [0.05, 0.1) is 6.04 Å². The molecule has 4 aromatic rings. The van der Waals surface area contributed by atoms with Gasteiger partial charge in [0.1, 0.15) is 0 Å². The van der Waals surface area contributed by atoms with E-state index in [1.54, 1.807) is 0 Å². The van der Waals surface area contributed by atoms with Gasteiger partial charge >= 0.3 is 0 Å². The summed E-state index contributed by atoms with van der Waals surface area (Å²) < 4.78 is 0. The van der Waals surface area contributed by atoms with Crippen molar-refractivity contribution < 1.29 is 0 Å². The van der Waals surface area contributed by atoms with E-state index in [1.165, 1.54) is 28.0 Å². The van der Waals surface area contributed by atoms with E-state index < -0.39 is 0 Å². The highest BCUT2D eigenvalue weighted by Crippen LogP contribution is 2.67. The van der Waals surface area contributed by atoms with Crippen molar-refractivity contribution in [3.8, 4) is 0 Å². The summed E-state index contributed by atoms with van der Waals surface area (Å²) in [7, 11) is 0. The van der Waals surface area contributed by atoms with Gasteiger partial charge < -0.3 is 0 Å². The summed E-state index contributed by atoms with van der Waals surface area (Å²) in [5, 5.41) is 0. The van der Waals surface area contributed by atoms with Crippen molar-refractivity contribution in [1.29, 1.82) is 0 Å². The Labute approximate surface area is 184 Å².